The molecule has 0 spiro atoms. The molecule has 4 heteroatoms. The molecule has 0 saturated carbocycles. The van der Waals surface area contributed by atoms with E-state index in [4.69, 9.17) is 9.72 Å². The highest BCUT2D eigenvalue weighted by Crippen LogP contribution is 2.33. The van der Waals surface area contributed by atoms with E-state index in [1.165, 1.54) is 0 Å². The maximum atomic E-state index is 5.25. The lowest BCUT2D eigenvalue weighted by atomic mass is 9.83. The van der Waals surface area contributed by atoms with Crippen LogP contribution in [-0.4, -0.2) is 30.2 Å². The first-order chi connectivity index (χ1) is 8.77. The normalized spacial score (nSPS) is 23.7. The third-order valence-corrected chi connectivity index (χ3v) is 4.11. The topological polar surface area (TPSA) is 49.9 Å². The molecule has 0 bridgehead atoms. The maximum absolute atomic E-state index is 5.25. The standard InChI is InChI=1S/C14H19N3O/c1-3-14(6-7-15-9-14)13-16-11-5-4-10(18-2)8-12(11)17-13/h4-5,8,15H,3,6-7,9H2,1-2H3,(H,16,17). The smallest absolute Gasteiger partial charge is 0.121 e. The van der Waals surface area contributed by atoms with Crippen molar-refractivity contribution in [2.24, 2.45) is 0 Å². The number of aromatic nitrogens is 2. The molecule has 3 rings (SSSR count). The Labute approximate surface area is 107 Å². The third kappa shape index (κ3) is 1.68. The van der Waals surface area contributed by atoms with Crippen molar-refractivity contribution >= 4 is 11.0 Å². The Balaban J connectivity index is 2.07. The summed E-state index contributed by atoms with van der Waals surface area (Å²) in [5, 5.41) is 3.44. The molecule has 1 saturated heterocycles. The van der Waals surface area contributed by atoms with Gasteiger partial charge in [0.05, 0.1) is 18.1 Å². The molecule has 2 heterocycles. The van der Waals surface area contributed by atoms with Gasteiger partial charge in [-0.15, -0.1) is 0 Å². The number of imidazole rings is 1. The fraction of sp³-hybridized carbons (Fsp3) is 0.500. The van der Waals surface area contributed by atoms with Gasteiger partial charge in [-0.1, -0.05) is 6.92 Å². The number of methoxy groups -OCH3 is 1. The van der Waals surface area contributed by atoms with E-state index in [1.807, 2.05) is 18.2 Å². The number of hydrogen-bond donors (Lipinski definition) is 2. The summed E-state index contributed by atoms with van der Waals surface area (Å²) in [4.78, 5) is 8.23. The molecule has 1 aromatic heterocycles. The average molecular weight is 245 g/mol. The number of ether oxygens (including phenoxy) is 1. The fourth-order valence-electron chi connectivity index (χ4n) is 2.78. The van der Waals surface area contributed by atoms with Crippen LogP contribution in [0.25, 0.3) is 11.0 Å². The SMILES string of the molecule is CCC1(c2nc3ccc(OC)cc3[nH]2)CCNC1. The highest BCUT2D eigenvalue weighted by Gasteiger charge is 2.36. The lowest BCUT2D eigenvalue weighted by molar-refractivity contribution is 0.415. The molecular weight excluding hydrogens is 226 g/mol. The number of benzene rings is 1. The van der Waals surface area contributed by atoms with Crippen LogP contribution in [0.15, 0.2) is 18.2 Å². The molecule has 0 aliphatic carbocycles. The van der Waals surface area contributed by atoms with Gasteiger partial charge >= 0.3 is 0 Å². The highest BCUT2D eigenvalue weighted by atomic mass is 16.5. The van der Waals surface area contributed by atoms with E-state index in [9.17, 15) is 0 Å². The van der Waals surface area contributed by atoms with Crippen LogP contribution in [0.3, 0.4) is 0 Å². The van der Waals surface area contributed by atoms with Gasteiger partial charge in [0.25, 0.3) is 0 Å². The number of H-pyrrole nitrogens is 1. The van der Waals surface area contributed by atoms with Crippen molar-refractivity contribution < 1.29 is 4.74 Å². The van der Waals surface area contributed by atoms with Crippen molar-refractivity contribution in [3.8, 4) is 5.75 Å². The predicted molar refractivity (Wildman–Crippen MR) is 72.1 cm³/mol. The van der Waals surface area contributed by atoms with Crippen molar-refractivity contribution in [2.45, 2.75) is 25.2 Å². The second-order valence-corrected chi connectivity index (χ2v) is 5.03. The average Bonchev–Trinajstić information content (AvgIpc) is 3.04. The van der Waals surface area contributed by atoms with E-state index in [1.54, 1.807) is 7.11 Å². The molecule has 2 N–H and O–H groups in total. The molecule has 4 nitrogen and oxygen atoms in total. The van der Waals surface area contributed by atoms with Crippen molar-refractivity contribution in [1.29, 1.82) is 0 Å². The zero-order chi connectivity index (χ0) is 12.6. The van der Waals surface area contributed by atoms with Gasteiger partial charge in [0.15, 0.2) is 0 Å². The van der Waals surface area contributed by atoms with Gasteiger partial charge in [-0.25, -0.2) is 4.98 Å². The van der Waals surface area contributed by atoms with Crippen LogP contribution in [-0.2, 0) is 5.41 Å². The van der Waals surface area contributed by atoms with E-state index >= 15 is 0 Å². The first kappa shape index (κ1) is 11.5. The van der Waals surface area contributed by atoms with E-state index in [2.05, 4.69) is 17.2 Å². The lowest BCUT2D eigenvalue weighted by Gasteiger charge is -2.23. The number of aromatic amines is 1. The van der Waals surface area contributed by atoms with Crippen molar-refractivity contribution in [3.63, 3.8) is 0 Å². The Bertz CT molecular complexity index is 555. The van der Waals surface area contributed by atoms with Gasteiger partial charge in [0.1, 0.15) is 11.6 Å². The first-order valence-corrected chi connectivity index (χ1v) is 6.52. The Kier molecular flexibility index (Phi) is 2.74. The molecule has 1 aromatic carbocycles. The molecule has 1 aliphatic rings. The van der Waals surface area contributed by atoms with Crippen LogP contribution in [0, 0.1) is 0 Å². The summed E-state index contributed by atoms with van der Waals surface area (Å²) in [5.74, 6) is 1.98. The van der Waals surface area contributed by atoms with E-state index in [-0.39, 0.29) is 5.41 Å². The maximum Gasteiger partial charge on any atom is 0.121 e. The van der Waals surface area contributed by atoms with Crippen molar-refractivity contribution in [1.82, 2.24) is 15.3 Å². The number of nitrogens with one attached hydrogen (secondary N) is 2. The number of hydrogen-bond acceptors (Lipinski definition) is 3. The molecule has 0 amide bonds. The second-order valence-electron chi connectivity index (χ2n) is 5.03. The van der Waals surface area contributed by atoms with Crippen LogP contribution >= 0.6 is 0 Å². The van der Waals surface area contributed by atoms with Crippen LogP contribution in [0.1, 0.15) is 25.6 Å². The summed E-state index contributed by atoms with van der Waals surface area (Å²) >= 11 is 0. The quantitative estimate of drug-likeness (QED) is 0.871. The zero-order valence-electron chi connectivity index (χ0n) is 10.9. The molecule has 96 valence electrons. The van der Waals surface area contributed by atoms with Crippen molar-refractivity contribution in [3.05, 3.63) is 24.0 Å². The second kappa shape index (κ2) is 4.28. The Morgan fingerprint density at radius 1 is 1.44 bits per heavy atom. The summed E-state index contributed by atoms with van der Waals surface area (Å²) in [6.07, 6.45) is 2.26. The summed E-state index contributed by atoms with van der Waals surface area (Å²) in [6.45, 7) is 4.33. The summed E-state index contributed by atoms with van der Waals surface area (Å²) in [5.41, 5.74) is 2.25. The monoisotopic (exact) mass is 245 g/mol. The predicted octanol–water partition coefficient (Wildman–Crippen LogP) is 2.21. The molecule has 2 aromatic rings. The fourth-order valence-corrected chi connectivity index (χ4v) is 2.78. The van der Waals surface area contributed by atoms with Crippen LogP contribution in [0.4, 0.5) is 0 Å². The molecule has 1 unspecified atom stereocenters. The molecule has 0 radical (unpaired) electrons. The summed E-state index contributed by atoms with van der Waals surface area (Å²) in [6, 6.07) is 5.98. The van der Waals surface area contributed by atoms with Gasteiger partial charge in [0.2, 0.25) is 0 Å². The Morgan fingerprint density at radius 3 is 3.00 bits per heavy atom. The largest absolute Gasteiger partial charge is 0.497 e. The minimum Gasteiger partial charge on any atom is -0.497 e. The number of rotatable bonds is 3. The summed E-state index contributed by atoms with van der Waals surface area (Å²) in [7, 11) is 1.69. The molecule has 1 atom stereocenters. The van der Waals surface area contributed by atoms with Gasteiger partial charge in [0, 0.05) is 18.0 Å². The lowest BCUT2D eigenvalue weighted by Crippen LogP contribution is -2.29. The van der Waals surface area contributed by atoms with Crippen LogP contribution in [0.5, 0.6) is 5.75 Å². The Morgan fingerprint density at radius 2 is 2.33 bits per heavy atom. The van der Waals surface area contributed by atoms with E-state index in [0.29, 0.717) is 0 Å². The molecule has 18 heavy (non-hydrogen) atoms. The van der Waals surface area contributed by atoms with Gasteiger partial charge in [-0.2, -0.15) is 0 Å². The molecule has 1 aliphatic heterocycles. The van der Waals surface area contributed by atoms with Crippen LogP contribution in [0.2, 0.25) is 0 Å². The highest BCUT2D eigenvalue weighted by molar-refractivity contribution is 5.77. The van der Waals surface area contributed by atoms with E-state index in [0.717, 1.165) is 48.5 Å². The number of nitrogens with zero attached hydrogens (tertiary/aromatic N) is 1. The van der Waals surface area contributed by atoms with E-state index < -0.39 is 0 Å². The Hall–Kier alpha value is -1.55. The molecule has 1 fully saturated rings. The summed E-state index contributed by atoms with van der Waals surface area (Å²) < 4.78 is 5.25. The van der Waals surface area contributed by atoms with Gasteiger partial charge in [-0.3, -0.25) is 0 Å². The van der Waals surface area contributed by atoms with Gasteiger partial charge in [-0.05, 0) is 31.5 Å². The first-order valence-electron chi connectivity index (χ1n) is 6.52. The van der Waals surface area contributed by atoms with Gasteiger partial charge < -0.3 is 15.0 Å². The number of fused-ring (bicyclic) bond motifs is 1. The van der Waals surface area contributed by atoms with Crippen molar-refractivity contribution in [2.75, 3.05) is 20.2 Å². The minimum absolute atomic E-state index is 0.173. The minimum atomic E-state index is 0.173. The van der Waals surface area contributed by atoms with Crippen LogP contribution < -0.4 is 10.1 Å². The zero-order valence-corrected chi connectivity index (χ0v) is 10.9. The molecular formula is C14H19N3O. The third-order valence-electron chi connectivity index (χ3n) is 4.11.